The second-order valence-corrected chi connectivity index (χ2v) is 16.9. The number of para-hydroxylation sites is 4. The van der Waals surface area contributed by atoms with Crippen LogP contribution >= 0.6 is 7.37 Å². The third-order valence-electron chi connectivity index (χ3n) is 11.4. The molecular weight excluding hydrogens is 744 g/mol. The van der Waals surface area contributed by atoms with Crippen LogP contribution in [0.5, 0.6) is 23.0 Å². The average Bonchev–Trinajstić information content (AvgIpc) is 3.71. The summed E-state index contributed by atoms with van der Waals surface area (Å²) in [5.74, 6) is 1.78. The van der Waals surface area contributed by atoms with Crippen molar-refractivity contribution < 1.29 is 28.1 Å². The zero-order chi connectivity index (χ0) is 39.0. The van der Waals surface area contributed by atoms with Gasteiger partial charge in [-0.25, -0.2) is 9.78 Å². The number of H-pyrrole nitrogens is 1. The topological polar surface area (TPSA) is 99.7 Å². The SMILES string of the molecule is COC(=O)c1ccc2[nH]c(P(=O)(OC3c4ccccc4Oc4ccccc43)C3(c4cccc5cc6ccccc6cc45)c4ccccc4Oc4ccccc43)nc2c1. The zero-order valence-corrected chi connectivity index (χ0v) is 32.0. The fraction of sp³-hybridized carbons (Fsp3) is 0.0612. The molecule has 280 valence electrons. The highest BCUT2D eigenvalue weighted by Crippen LogP contribution is 2.75. The molecule has 1 aromatic heterocycles. The molecule has 2 aliphatic rings. The number of aromatic amines is 1. The van der Waals surface area contributed by atoms with Crippen LogP contribution in [0.1, 0.15) is 44.3 Å². The lowest BCUT2D eigenvalue weighted by molar-refractivity contribution is 0.0601. The Morgan fingerprint density at radius 2 is 1.17 bits per heavy atom. The normalized spacial score (nSPS) is 15.0. The lowest BCUT2D eigenvalue weighted by Crippen LogP contribution is -2.39. The number of rotatable bonds is 6. The van der Waals surface area contributed by atoms with E-state index in [9.17, 15) is 4.79 Å². The van der Waals surface area contributed by atoms with Crippen molar-refractivity contribution in [2.75, 3.05) is 7.11 Å². The summed E-state index contributed by atoms with van der Waals surface area (Å²) >= 11 is 0. The number of nitrogens with one attached hydrogen (secondary N) is 1. The van der Waals surface area contributed by atoms with Crippen LogP contribution in [-0.2, 0) is 19.0 Å². The maximum atomic E-state index is 18.0. The van der Waals surface area contributed by atoms with Crippen LogP contribution < -0.4 is 15.0 Å². The second-order valence-electron chi connectivity index (χ2n) is 14.5. The van der Waals surface area contributed by atoms with Gasteiger partial charge in [0.15, 0.2) is 5.57 Å². The minimum atomic E-state index is -4.55. The molecule has 8 aromatic carbocycles. The number of ether oxygens (including phenoxy) is 3. The molecule has 9 aromatic rings. The van der Waals surface area contributed by atoms with E-state index in [0.29, 0.717) is 50.7 Å². The Labute approximate surface area is 333 Å². The number of nitrogens with zero attached hydrogens (tertiary/aromatic N) is 1. The van der Waals surface area contributed by atoms with E-state index in [-0.39, 0.29) is 5.57 Å². The molecule has 0 spiro atoms. The van der Waals surface area contributed by atoms with Crippen molar-refractivity contribution in [3.05, 3.63) is 203 Å². The molecule has 0 amide bonds. The Morgan fingerprint density at radius 1 is 0.621 bits per heavy atom. The van der Waals surface area contributed by atoms with Crippen LogP contribution in [0.2, 0.25) is 0 Å². The average molecular weight is 777 g/mol. The minimum absolute atomic E-state index is 0.121. The molecular formula is C49H33N2O6P. The van der Waals surface area contributed by atoms with Crippen LogP contribution in [0.25, 0.3) is 32.6 Å². The van der Waals surface area contributed by atoms with Crippen molar-refractivity contribution in [1.29, 1.82) is 0 Å². The van der Waals surface area contributed by atoms with Crippen LogP contribution in [0.15, 0.2) is 170 Å². The number of hydrogen-bond donors (Lipinski definition) is 1. The van der Waals surface area contributed by atoms with Crippen molar-refractivity contribution in [2.24, 2.45) is 0 Å². The molecule has 11 rings (SSSR count). The molecule has 9 heteroatoms. The summed E-state index contributed by atoms with van der Waals surface area (Å²) in [5, 5.41) is 2.42. The van der Waals surface area contributed by atoms with E-state index in [1.807, 2.05) is 115 Å². The third-order valence-corrected chi connectivity index (χ3v) is 14.3. The summed E-state index contributed by atoms with van der Waals surface area (Å²) in [5.41, 5.74) is 4.95. The number of methoxy groups -OCH3 is 1. The van der Waals surface area contributed by atoms with E-state index in [2.05, 4.69) is 41.4 Å². The van der Waals surface area contributed by atoms with Crippen LogP contribution in [0, 0.1) is 0 Å². The molecule has 58 heavy (non-hydrogen) atoms. The van der Waals surface area contributed by atoms with Gasteiger partial charge in [0.2, 0.25) is 0 Å². The van der Waals surface area contributed by atoms with E-state index in [4.69, 9.17) is 23.7 Å². The minimum Gasteiger partial charge on any atom is -0.465 e. The Hall–Kier alpha value is -6.99. The van der Waals surface area contributed by atoms with Gasteiger partial charge in [0.25, 0.3) is 7.37 Å². The third kappa shape index (κ3) is 4.95. The fourth-order valence-corrected chi connectivity index (χ4v) is 11.9. The lowest BCUT2D eigenvalue weighted by atomic mass is 9.79. The lowest BCUT2D eigenvalue weighted by Gasteiger charge is -2.46. The number of carbonyl (C=O) groups excluding carboxylic acids is 1. The van der Waals surface area contributed by atoms with Gasteiger partial charge in [-0.2, -0.15) is 0 Å². The van der Waals surface area contributed by atoms with Crippen LogP contribution in [0.4, 0.5) is 0 Å². The van der Waals surface area contributed by atoms with Gasteiger partial charge in [-0.3, -0.25) is 4.57 Å². The zero-order valence-electron chi connectivity index (χ0n) is 31.1. The fourth-order valence-electron chi connectivity index (χ4n) is 8.81. The summed E-state index contributed by atoms with van der Waals surface area (Å²) in [6.07, 6.45) is -0.860. The molecule has 0 saturated heterocycles. The van der Waals surface area contributed by atoms with Gasteiger partial charge in [-0.15, -0.1) is 0 Å². The van der Waals surface area contributed by atoms with Gasteiger partial charge in [-0.1, -0.05) is 115 Å². The molecule has 1 unspecified atom stereocenters. The van der Waals surface area contributed by atoms with Crippen molar-refractivity contribution >= 4 is 51.5 Å². The summed E-state index contributed by atoms with van der Waals surface area (Å²) in [4.78, 5) is 21.4. The van der Waals surface area contributed by atoms with Gasteiger partial charge < -0.3 is 23.7 Å². The van der Waals surface area contributed by atoms with Crippen molar-refractivity contribution in [2.45, 2.75) is 11.3 Å². The van der Waals surface area contributed by atoms with Crippen molar-refractivity contribution in [3.8, 4) is 23.0 Å². The quantitative estimate of drug-likeness (QED) is 0.102. The standard InChI is InChI=1S/C49H33N2O6P/c1-54-47(52)33-25-26-40-41(29-33)51-48(50-40)58(53,57-46-34-16-4-8-21-42(34)55-43-22-9-5-17-35(43)46)49(38-18-6-10-23-44(38)56-45-24-11-7-19-39(45)49)37-20-12-15-32-27-30-13-2-3-14-31(30)28-36(32)37/h2-29,46H,1H3,(H,50,51). The van der Waals surface area contributed by atoms with E-state index >= 15 is 4.57 Å². The Bertz CT molecular complexity index is 3100. The first kappa shape index (κ1) is 34.3. The monoisotopic (exact) mass is 776 g/mol. The van der Waals surface area contributed by atoms with Gasteiger partial charge in [-0.05, 0) is 81.7 Å². The first-order valence-electron chi connectivity index (χ1n) is 19.0. The molecule has 2 aliphatic heterocycles. The number of esters is 1. The maximum absolute atomic E-state index is 18.0. The first-order valence-corrected chi connectivity index (χ1v) is 20.6. The predicted molar refractivity (Wildman–Crippen MR) is 225 cm³/mol. The number of carbonyl (C=O) groups is 1. The highest BCUT2D eigenvalue weighted by Gasteiger charge is 2.62. The van der Waals surface area contributed by atoms with Crippen LogP contribution in [-0.4, -0.2) is 23.0 Å². The number of hydrogen-bond acceptors (Lipinski definition) is 7. The van der Waals surface area contributed by atoms with E-state index in [1.54, 1.807) is 18.2 Å². The first-order chi connectivity index (χ1) is 28.5. The van der Waals surface area contributed by atoms with Gasteiger partial charge in [0.1, 0.15) is 34.3 Å². The molecule has 0 bridgehead atoms. The largest absolute Gasteiger partial charge is 0.465 e. The van der Waals surface area contributed by atoms with Crippen molar-refractivity contribution in [3.63, 3.8) is 0 Å². The highest BCUT2D eigenvalue weighted by atomic mass is 31.2. The number of imidazole rings is 1. The molecule has 3 heterocycles. The molecule has 0 radical (unpaired) electrons. The Morgan fingerprint density at radius 3 is 1.84 bits per heavy atom. The summed E-state index contributed by atoms with van der Waals surface area (Å²) in [6.45, 7) is 0. The smallest absolute Gasteiger partial charge is 0.337 e. The summed E-state index contributed by atoms with van der Waals surface area (Å²) < 4.78 is 43.8. The molecule has 1 atom stereocenters. The van der Waals surface area contributed by atoms with E-state index in [0.717, 1.165) is 38.2 Å². The molecule has 0 fully saturated rings. The number of aromatic nitrogens is 2. The number of fused-ring (bicyclic) bond motifs is 7. The van der Waals surface area contributed by atoms with Gasteiger partial charge in [0.05, 0.1) is 23.7 Å². The predicted octanol–water partition coefficient (Wildman–Crippen LogP) is 11.6. The Balaban J connectivity index is 1.31. The van der Waals surface area contributed by atoms with Crippen molar-refractivity contribution in [1.82, 2.24) is 9.97 Å². The maximum Gasteiger partial charge on any atom is 0.337 e. The van der Waals surface area contributed by atoms with E-state index < -0.39 is 24.6 Å². The molecule has 8 nitrogen and oxygen atoms in total. The highest BCUT2D eigenvalue weighted by molar-refractivity contribution is 7.68. The summed E-state index contributed by atoms with van der Waals surface area (Å²) in [6, 6.07) is 54.7. The second kappa shape index (κ2) is 13.0. The molecule has 1 N–H and O–H groups in total. The molecule has 0 saturated carbocycles. The number of benzene rings is 8. The molecule has 0 aliphatic carbocycles. The van der Waals surface area contributed by atoms with Gasteiger partial charge in [0, 0.05) is 22.3 Å². The summed E-state index contributed by atoms with van der Waals surface area (Å²) in [7, 11) is -3.21. The van der Waals surface area contributed by atoms with Gasteiger partial charge >= 0.3 is 5.97 Å². The van der Waals surface area contributed by atoms with Crippen LogP contribution in [0.3, 0.4) is 0 Å². The van der Waals surface area contributed by atoms with E-state index in [1.165, 1.54) is 7.11 Å². The Kier molecular flexibility index (Phi) is 7.70.